The van der Waals surface area contributed by atoms with Gasteiger partial charge in [0.15, 0.2) is 0 Å². The van der Waals surface area contributed by atoms with E-state index >= 15 is 0 Å². The molecule has 4 heterocycles. The summed E-state index contributed by atoms with van der Waals surface area (Å²) in [6.07, 6.45) is 1.76. The van der Waals surface area contributed by atoms with Gasteiger partial charge < -0.3 is 5.32 Å². The lowest BCUT2D eigenvalue weighted by Gasteiger charge is -2.36. The van der Waals surface area contributed by atoms with Gasteiger partial charge in [-0.1, -0.05) is 35.9 Å². The molecule has 2 aromatic rings. The Hall–Kier alpha value is -2.99. The number of anilines is 2. The first-order valence-electron chi connectivity index (χ1n) is 10.6. The van der Waals surface area contributed by atoms with Crippen molar-refractivity contribution in [3.63, 3.8) is 0 Å². The second-order valence-electron chi connectivity index (χ2n) is 8.98. The van der Waals surface area contributed by atoms with Gasteiger partial charge in [-0.25, -0.2) is 4.90 Å². The van der Waals surface area contributed by atoms with Gasteiger partial charge in [0.05, 0.1) is 17.5 Å². The van der Waals surface area contributed by atoms with Crippen molar-refractivity contribution in [2.45, 2.75) is 38.3 Å². The number of benzene rings is 2. The largest absolute Gasteiger partial charge is 0.324 e. The number of fused-ring (bicyclic) bond motifs is 7. The minimum absolute atomic E-state index is 0.0855. The quantitative estimate of drug-likeness (QED) is 0.746. The highest BCUT2D eigenvalue weighted by Crippen LogP contribution is 2.61. The second kappa shape index (κ2) is 5.79. The van der Waals surface area contributed by atoms with Crippen molar-refractivity contribution < 1.29 is 14.4 Å². The molecule has 0 aromatic heterocycles. The number of hydrogen-bond acceptors (Lipinski definition) is 4. The molecule has 0 aliphatic carbocycles. The first-order chi connectivity index (χ1) is 14.5. The van der Waals surface area contributed by atoms with Crippen molar-refractivity contribution in [3.8, 4) is 0 Å². The fourth-order valence-electron chi connectivity index (χ4n) is 6.49. The fourth-order valence-corrected chi connectivity index (χ4v) is 6.49. The minimum atomic E-state index is -1.10. The molecule has 3 amide bonds. The summed E-state index contributed by atoms with van der Waals surface area (Å²) in [5.41, 5.74) is 3.19. The zero-order valence-electron chi connectivity index (χ0n) is 17.0. The number of carbonyl (C=O) groups is 3. The third-order valence-corrected chi connectivity index (χ3v) is 7.46. The van der Waals surface area contributed by atoms with Crippen LogP contribution in [0.4, 0.5) is 11.4 Å². The molecule has 0 radical (unpaired) electrons. The number of imide groups is 1. The molecule has 0 saturated carbocycles. The second-order valence-corrected chi connectivity index (χ2v) is 8.98. The summed E-state index contributed by atoms with van der Waals surface area (Å²) in [5.74, 6) is -1.78. The molecule has 1 N–H and O–H groups in total. The number of amides is 3. The van der Waals surface area contributed by atoms with Gasteiger partial charge in [-0.15, -0.1) is 0 Å². The van der Waals surface area contributed by atoms with Crippen LogP contribution in [0.1, 0.15) is 29.5 Å². The monoisotopic (exact) mass is 401 g/mol. The predicted molar refractivity (Wildman–Crippen MR) is 112 cm³/mol. The highest BCUT2D eigenvalue weighted by molar-refractivity contribution is 6.25. The maximum Gasteiger partial charge on any atom is 0.250 e. The maximum absolute atomic E-state index is 13.8. The first-order valence-corrected chi connectivity index (χ1v) is 10.6. The minimum Gasteiger partial charge on any atom is -0.324 e. The van der Waals surface area contributed by atoms with Crippen LogP contribution in [0.5, 0.6) is 0 Å². The molecule has 6 nitrogen and oxygen atoms in total. The van der Waals surface area contributed by atoms with E-state index < -0.39 is 17.4 Å². The van der Waals surface area contributed by atoms with Crippen molar-refractivity contribution in [1.29, 1.82) is 0 Å². The Morgan fingerprint density at radius 3 is 2.57 bits per heavy atom. The van der Waals surface area contributed by atoms with Crippen LogP contribution in [0.3, 0.4) is 0 Å². The van der Waals surface area contributed by atoms with Crippen LogP contribution >= 0.6 is 0 Å². The number of hydrogen-bond donors (Lipinski definition) is 1. The van der Waals surface area contributed by atoms with Crippen LogP contribution in [0.2, 0.25) is 0 Å². The third-order valence-electron chi connectivity index (χ3n) is 7.46. The van der Waals surface area contributed by atoms with E-state index in [9.17, 15) is 14.4 Å². The molecule has 30 heavy (non-hydrogen) atoms. The van der Waals surface area contributed by atoms with Crippen LogP contribution in [0.25, 0.3) is 0 Å². The number of nitrogens with one attached hydrogen (secondary N) is 1. The van der Waals surface area contributed by atoms with Crippen LogP contribution in [-0.2, 0) is 19.9 Å². The molecule has 3 fully saturated rings. The Labute approximate surface area is 174 Å². The summed E-state index contributed by atoms with van der Waals surface area (Å²) >= 11 is 0. The SMILES string of the molecule is Cc1cc(C)c2c(c1)[C@]1(C(=O)N2)[C@@H]2C(=O)N(c3ccccc3)C(=O)[C@@H]2[C@@H]2CCCN21. The van der Waals surface area contributed by atoms with Gasteiger partial charge in [0.25, 0.3) is 0 Å². The molecule has 4 atom stereocenters. The predicted octanol–water partition coefficient (Wildman–Crippen LogP) is 2.73. The molecule has 2 aromatic carbocycles. The van der Waals surface area contributed by atoms with Crippen molar-refractivity contribution >= 4 is 29.1 Å². The van der Waals surface area contributed by atoms with Gasteiger partial charge in [-0.05, 0) is 50.9 Å². The molecule has 3 saturated heterocycles. The molecule has 6 heteroatoms. The number of rotatable bonds is 1. The maximum atomic E-state index is 13.8. The highest BCUT2D eigenvalue weighted by atomic mass is 16.2. The van der Waals surface area contributed by atoms with Crippen molar-refractivity contribution in [1.82, 2.24) is 4.90 Å². The van der Waals surface area contributed by atoms with Crippen LogP contribution in [-0.4, -0.2) is 35.2 Å². The molecule has 0 unspecified atom stereocenters. The van der Waals surface area contributed by atoms with E-state index in [2.05, 4.69) is 10.2 Å². The standard InChI is InChI=1S/C24H23N3O3/c1-13-11-14(2)20-16(12-13)24(23(30)25-20)19-18(17-9-6-10-26(17)24)21(28)27(22(19)29)15-7-4-3-5-8-15/h3-5,7-8,11-12,17-19H,6,9-10H2,1-2H3,(H,25,30)/t17-,18+,19-,24+/m0/s1. The third kappa shape index (κ3) is 1.90. The van der Waals surface area contributed by atoms with Gasteiger partial charge in [-0.3, -0.25) is 19.3 Å². The molecule has 0 bridgehead atoms. The molecule has 4 aliphatic rings. The van der Waals surface area contributed by atoms with Gasteiger partial charge >= 0.3 is 0 Å². The Balaban J connectivity index is 1.59. The smallest absolute Gasteiger partial charge is 0.250 e. The number of carbonyl (C=O) groups excluding carboxylic acids is 3. The van der Waals surface area contributed by atoms with E-state index in [0.29, 0.717) is 5.69 Å². The summed E-state index contributed by atoms with van der Waals surface area (Å²) < 4.78 is 0. The Morgan fingerprint density at radius 1 is 1.03 bits per heavy atom. The van der Waals surface area contributed by atoms with E-state index in [1.165, 1.54) is 4.90 Å². The molecule has 1 spiro atoms. The molecule has 6 rings (SSSR count). The average molecular weight is 401 g/mol. The summed E-state index contributed by atoms with van der Waals surface area (Å²) in [6, 6.07) is 13.1. The molecular weight excluding hydrogens is 378 g/mol. The molecule has 4 aliphatic heterocycles. The Kier molecular flexibility index (Phi) is 3.44. The number of aryl methyl sites for hydroxylation is 2. The summed E-state index contributed by atoms with van der Waals surface area (Å²) in [5, 5.41) is 3.08. The van der Waals surface area contributed by atoms with E-state index in [-0.39, 0.29) is 23.8 Å². The van der Waals surface area contributed by atoms with Gasteiger partial charge in [0.2, 0.25) is 17.7 Å². The van der Waals surface area contributed by atoms with Crippen molar-refractivity contribution in [2.75, 3.05) is 16.8 Å². The first kappa shape index (κ1) is 17.8. The van der Waals surface area contributed by atoms with E-state index in [1.54, 1.807) is 12.1 Å². The topological polar surface area (TPSA) is 69.7 Å². The van der Waals surface area contributed by atoms with E-state index in [1.807, 2.05) is 44.2 Å². The van der Waals surface area contributed by atoms with Crippen molar-refractivity contribution in [3.05, 3.63) is 59.2 Å². The lowest BCUT2D eigenvalue weighted by molar-refractivity contribution is -0.135. The lowest BCUT2D eigenvalue weighted by Crippen LogP contribution is -2.54. The van der Waals surface area contributed by atoms with Crippen molar-refractivity contribution in [2.24, 2.45) is 11.8 Å². The molecule has 152 valence electrons. The number of nitrogens with zero attached hydrogens (tertiary/aromatic N) is 2. The Morgan fingerprint density at radius 2 is 1.80 bits per heavy atom. The van der Waals surface area contributed by atoms with E-state index in [0.717, 1.165) is 41.8 Å². The van der Waals surface area contributed by atoms with Gasteiger partial charge in [0.1, 0.15) is 5.54 Å². The van der Waals surface area contributed by atoms with Crippen LogP contribution < -0.4 is 10.2 Å². The zero-order chi connectivity index (χ0) is 20.8. The van der Waals surface area contributed by atoms with Crippen LogP contribution in [0.15, 0.2) is 42.5 Å². The Bertz CT molecular complexity index is 1130. The normalized spacial score (nSPS) is 32.0. The van der Waals surface area contributed by atoms with Gasteiger partial charge in [-0.2, -0.15) is 0 Å². The summed E-state index contributed by atoms with van der Waals surface area (Å²) in [6.45, 7) is 4.72. The lowest BCUT2D eigenvalue weighted by atomic mass is 9.75. The van der Waals surface area contributed by atoms with E-state index in [4.69, 9.17) is 0 Å². The highest BCUT2D eigenvalue weighted by Gasteiger charge is 2.74. The summed E-state index contributed by atoms with van der Waals surface area (Å²) in [7, 11) is 0. The van der Waals surface area contributed by atoms with Crippen LogP contribution in [0, 0.1) is 25.7 Å². The number of para-hydroxylation sites is 1. The molecular formula is C24H23N3O3. The van der Waals surface area contributed by atoms with Gasteiger partial charge in [0, 0.05) is 17.3 Å². The average Bonchev–Trinajstić information content (AvgIpc) is 3.42. The summed E-state index contributed by atoms with van der Waals surface area (Å²) in [4.78, 5) is 44.5. The zero-order valence-corrected chi connectivity index (χ0v) is 17.0. The fraction of sp³-hybridized carbons (Fsp3) is 0.375.